The molecular formula is C12H13F6NO. The Hall–Kier alpha value is -1.44. The molecule has 0 aliphatic rings. The minimum atomic E-state index is -4.87. The number of halogens is 6. The van der Waals surface area contributed by atoms with Crippen molar-refractivity contribution in [2.75, 3.05) is 13.6 Å². The van der Waals surface area contributed by atoms with E-state index >= 15 is 0 Å². The maximum absolute atomic E-state index is 12.6. The van der Waals surface area contributed by atoms with E-state index in [1.807, 2.05) is 0 Å². The summed E-state index contributed by atoms with van der Waals surface area (Å²) in [6.07, 6.45) is -10.3. The third-order valence-corrected chi connectivity index (χ3v) is 2.39. The van der Waals surface area contributed by atoms with Crippen LogP contribution in [0.1, 0.15) is 18.1 Å². The molecule has 2 nitrogen and oxygen atoms in total. The summed E-state index contributed by atoms with van der Waals surface area (Å²) < 4.78 is 80.6. The number of rotatable bonds is 4. The highest BCUT2D eigenvalue weighted by Gasteiger charge is 2.37. The number of benzene rings is 1. The Morgan fingerprint density at radius 3 is 1.80 bits per heavy atom. The van der Waals surface area contributed by atoms with Crippen LogP contribution < -0.4 is 10.1 Å². The molecule has 20 heavy (non-hydrogen) atoms. The van der Waals surface area contributed by atoms with Crippen LogP contribution in [0.3, 0.4) is 0 Å². The molecule has 1 aromatic carbocycles. The lowest BCUT2D eigenvalue weighted by Gasteiger charge is -2.18. The first-order valence-corrected chi connectivity index (χ1v) is 5.64. The predicted molar refractivity (Wildman–Crippen MR) is 60.5 cm³/mol. The summed E-state index contributed by atoms with van der Waals surface area (Å²) >= 11 is 0. The van der Waals surface area contributed by atoms with Gasteiger partial charge in [-0.25, -0.2) is 0 Å². The number of likely N-dealkylation sites (N-methyl/N-ethyl adjacent to an activating group) is 1. The van der Waals surface area contributed by atoms with Crippen molar-refractivity contribution < 1.29 is 31.1 Å². The Morgan fingerprint density at radius 1 is 1.00 bits per heavy atom. The Kier molecular flexibility index (Phi) is 4.90. The van der Waals surface area contributed by atoms with Crippen molar-refractivity contribution in [2.24, 2.45) is 0 Å². The minimum Gasteiger partial charge on any atom is -0.489 e. The fourth-order valence-electron chi connectivity index (χ4n) is 1.56. The molecule has 0 aromatic heterocycles. The van der Waals surface area contributed by atoms with Crippen LogP contribution in [-0.4, -0.2) is 19.7 Å². The van der Waals surface area contributed by atoms with E-state index < -0.39 is 35.3 Å². The average molecular weight is 301 g/mol. The number of nitrogens with one attached hydrogen (secondary N) is 1. The molecule has 1 unspecified atom stereocenters. The second-order valence-electron chi connectivity index (χ2n) is 4.23. The standard InChI is InChI=1S/C12H13F6NO/c1-7(6-19-2)20-10-4-8(11(13,14)15)3-9(5-10)12(16,17)18/h3-5,7,19H,6H2,1-2H3. The highest BCUT2D eigenvalue weighted by molar-refractivity contribution is 5.37. The Labute approximate surface area is 111 Å². The maximum atomic E-state index is 12.6. The SMILES string of the molecule is CNCC(C)Oc1cc(C(F)(F)F)cc(C(F)(F)F)c1. The van der Waals surface area contributed by atoms with Gasteiger partial charge in [0.15, 0.2) is 0 Å². The number of alkyl halides is 6. The molecule has 0 spiro atoms. The van der Waals surface area contributed by atoms with Gasteiger partial charge in [0, 0.05) is 6.54 Å². The zero-order valence-corrected chi connectivity index (χ0v) is 10.7. The van der Waals surface area contributed by atoms with Crippen molar-refractivity contribution in [1.82, 2.24) is 5.32 Å². The maximum Gasteiger partial charge on any atom is 0.416 e. The van der Waals surface area contributed by atoms with E-state index in [0.717, 1.165) is 0 Å². The molecule has 1 atom stereocenters. The molecule has 0 radical (unpaired) electrons. The molecule has 0 aliphatic carbocycles. The minimum absolute atomic E-state index is 0.0651. The van der Waals surface area contributed by atoms with Crippen LogP contribution in [-0.2, 0) is 12.4 Å². The molecule has 0 heterocycles. The van der Waals surface area contributed by atoms with Crippen molar-refractivity contribution in [3.8, 4) is 5.75 Å². The summed E-state index contributed by atoms with van der Waals surface area (Å²) in [5.74, 6) is -0.463. The van der Waals surface area contributed by atoms with Gasteiger partial charge in [0.2, 0.25) is 0 Å². The van der Waals surface area contributed by atoms with Gasteiger partial charge in [-0.2, -0.15) is 26.3 Å². The summed E-state index contributed by atoms with van der Waals surface area (Å²) in [5.41, 5.74) is -2.78. The smallest absolute Gasteiger partial charge is 0.416 e. The molecule has 0 aliphatic heterocycles. The first-order chi connectivity index (χ1) is 9.04. The van der Waals surface area contributed by atoms with E-state index in [9.17, 15) is 26.3 Å². The molecular weight excluding hydrogens is 288 g/mol. The Morgan fingerprint density at radius 2 is 1.45 bits per heavy atom. The first kappa shape index (κ1) is 16.6. The van der Waals surface area contributed by atoms with Crippen LogP contribution in [0.4, 0.5) is 26.3 Å². The van der Waals surface area contributed by atoms with Gasteiger partial charge >= 0.3 is 12.4 Å². The third kappa shape index (κ3) is 4.59. The van der Waals surface area contributed by atoms with Crippen LogP contribution in [0, 0.1) is 0 Å². The van der Waals surface area contributed by atoms with Crippen molar-refractivity contribution in [1.29, 1.82) is 0 Å². The quantitative estimate of drug-likeness (QED) is 0.856. The monoisotopic (exact) mass is 301 g/mol. The number of ether oxygens (including phenoxy) is 1. The van der Waals surface area contributed by atoms with Crippen LogP contribution >= 0.6 is 0 Å². The first-order valence-electron chi connectivity index (χ1n) is 5.64. The predicted octanol–water partition coefficient (Wildman–Crippen LogP) is 3.71. The van der Waals surface area contributed by atoms with Gasteiger partial charge in [0.25, 0.3) is 0 Å². The molecule has 1 aromatic rings. The normalized spacial score (nSPS) is 14.2. The van der Waals surface area contributed by atoms with E-state index in [1.54, 1.807) is 7.05 Å². The van der Waals surface area contributed by atoms with Crippen LogP contribution in [0.2, 0.25) is 0 Å². The molecule has 0 bridgehead atoms. The summed E-state index contributed by atoms with van der Waals surface area (Å²) in [7, 11) is 1.59. The van der Waals surface area contributed by atoms with Gasteiger partial charge in [-0.3, -0.25) is 0 Å². The van der Waals surface area contributed by atoms with Crippen LogP contribution in [0.5, 0.6) is 5.75 Å². The van der Waals surface area contributed by atoms with Gasteiger partial charge in [0.1, 0.15) is 11.9 Å². The van der Waals surface area contributed by atoms with E-state index in [2.05, 4.69) is 5.32 Å². The van der Waals surface area contributed by atoms with Gasteiger partial charge in [-0.1, -0.05) is 0 Å². The summed E-state index contributed by atoms with van der Waals surface area (Å²) in [6, 6.07) is 1.18. The topological polar surface area (TPSA) is 21.3 Å². The molecule has 0 fully saturated rings. The summed E-state index contributed by atoms with van der Waals surface area (Å²) in [5, 5.41) is 2.71. The second kappa shape index (κ2) is 5.90. The van der Waals surface area contributed by atoms with Gasteiger partial charge in [0.05, 0.1) is 11.1 Å². The molecule has 0 amide bonds. The molecule has 1 N–H and O–H groups in total. The molecule has 114 valence electrons. The van der Waals surface area contributed by atoms with E-state index in [-0.39, 0.29) is 12.6 Å². The average Bonchev–Trinajstić information content (AvgIpc) is 2.26. The Bertz CT molecular complexity index is 422. The second-order valence-corrected chi connectivity index (χ2v) is 4.23. The molecule has 0 saturated carbocycles. The molecule has 1 rings (SSSR count). The number of hydrogen-bond donors (Lipinski definition) is 1. The summed E-state index contributed by atoms with van der Waals surface area (Å²) in [4.78, 5) is 0. The fourth-order valence-corrected chi connectivity index (χ4v) is 1.56. The van der Waals surface area contributed by atoms with E-state index in [1.165, 1.54) is 6.92 Å². The lowest BCUT2D eigenvalue weighted by molar-refractivity contribution is -0.143. The fraction of sp³-hybridized carbons (Fsp3) is 0.500. The number of hydrogen-bond acceptors (Lipinski definition) is 2. The lowest BCUT2D eigenvalue weighted by atomic mass is 10.1. The third-order valence-electron chi connectivity index (χ3n) is 2.39. The van der Waals surface area contributed by atoms with Gasteiger partial charge in [-0.05, 0) is 32.2 Å². The van der Waals surface area contributed by atoms with Crippen LogP contribution in [0.25, 0.3) is 0 Å². The van der Waals surface area contributed by atoms with Crippen molar-refractivity contribution in [3.63, 3.8) is 0 Å². The van der Waals surface area contributed by atoms with E-state index in [4.69, 9.17) is 4.74 Å². The van der Waals surface area contributed by atoms with Crippen molar-refractivity contribution in [2.45, 2.75) is 25.4 Å². The van der Waals surface area contributed by atoms with E-state index in [0.29, 0.717) is 12.1 Å². The van der Waals surface area contributed by atoms with Gasteiger partial charge < -0.3 is 10.1 Å². The highest BCUT2D eigenvalue weighted by atomic mass is 19.4. The molecule has 8 heteroatoms. The largest absolute Gasteiger partial charge is 0.489 e. The molecule has 0 saturated heterocycles. The van der Waals surface area contributed by atoms with Crippen molar-refractivity contribution >= 4 is 0 Å². The Balaban J connectivity index is 3.17. The lowest BCUT2D eigenvalue weighted by Crippen LogP contribution is -2.26. The summed E-state index contributed by atoms with van der Waals surface area (Å²) in [6.45, 7) is 1.82. The highest BCUT2D eigenvalue weighted by Crippen LogP contribution is 2.38. The van der Waals surface area contributed by atoms with Crippen molar-refractivity contribution in [3.05, 3.63) is 29.3 Å². The van der Waals surface area contributed by atoms with Gasteiger partial charge in [-0.15, -0.1) is 0 Å². The zero-order valence-electron chi connectivity index (χ0n) is 10.7. The van der Waals surface area contributed by atoms with Crippen LogP contribution in [0.15, 0.2) is 18.2 Å². The zero-order chi connectivity index (χ0) is 15.6.